The van der Waals surface area contributed by atoms with Gasteiger partial charge in [0.15, 0.2) is 17.8 Å². The molecule has 8 nitrogen and oxygen atoms in total. The fourth-order valence-electron chi connectivity index (χ4n) is 4.47. The number of ether oxygens (including phenoxy) is 4. The second kappa shape index (κ2) is 14.8. The lowest BCUT2D eigenvalue weighted by atomic mass is 9.88. The lowest BCUT2D eigenvalue weighted by Gasteiger charge is -2.24. The molecule has 1 heterocycles. The Kier molecular flexibility index (Phi) is 11.5. The molecule has 0 saturated carbocycles. The molecule has 0 aromatic heterocycles. The van der Waals surface area contributed by atoms with Crippen molar-refractivity contribution in [1.29, 1.82) is 0 Å². The number of halogens is 1. The van der Waals surface area contributed by atoms with Crippen LogP contribution < -0.4 is 9.47 Å². The van der Waals surface area contributed by atoms with Gasteiger partial charge in [-0.25, -0.2) is 4.39 Å². The fraction of sp³-hybridized carbons (Fsp3) is 0.467. The largest absolute Gasteiger partial charge is 0.492 e. The molecule has 0 amide bonds. The van der Waals surface area contributed by atoms with E-state index in [0.29, 0.717) is 41.4 Å². The zero-order chi connectivity index (χ0) is 28.4. The van der Waals surface area contributed by atoms with E-state index in [0.717, 1.165) is 24.8 Å². The maximum Gasteiger partial charge on any atom is 0.310 e. The molecule has 1 fully saturated rings. The number of ketones is 1. The predicted octanol–water partition coefficient (Wildman–Crippen LogP) is 5.35. The van der Waals surface area contributed by atoms with E-state index < -0.39 is 24.3 Å². The Morgan fingerprint density at radius 1 is 1.18 bits per heavy atom. The molecule has 1 aliphatic rings. The highest BCUT2D eigenvalue weighted by atomic mass is 19.1. The number of hydrogen-bond donors (Lipinski definition) is 2. The summed E-state index contributed by atoms with van der Waals surface area (Å²) in [6, 6.07) is 7.84. The number of carbonyl (C=O) groups excluding carboxylic acids is 1. The quantitative estimate of drug-likeness (QED) is 0.242. The first-order valence-corrected chi connectivity index (χ1v) is 13.2. The van der Waals surface area contributed by atoms with Crippen molar-refractivity contribution >= 4 is 17.8 Å². The van der Waals surface area contributed by atoms with Crippen LogP contribution in [0, 0.1) is 5.82 Å². The maximum atomic E-state index is 13.8. The van der Waals surface area contributed by atoms with E-state index in [2.05, 4.69) is 0 Å². The third kappa shape index (κ3) is 8.88. The molecular weight excluding hydrogens is 507 g/mol. The Morgan fingerprint density at radius 2 is 1.92 bits per heavy atom. The van der Waals surface area contributed by atoms with Crippen molar-refractivity contribution in [3.05, 3.63) is 53.4 Å². The monoisotopic (exact) mass is 544 g/mol. The van der Waals surface area contributed by atoms with Gasteiger partial charge in [0.25, 0.3) is 0 Å². The molecule has 2 aromatic carbocycles. The zero-order valence-corrected chi connectivity index (χ0v) is 22.7. The maximum absolute atomic E-state index is 13.8. The fourth-order valence-corrected chi connectivity index (χ4v) is 4.47. The van der Waals surface area contributed by atoms with Crippen LogP contribution in [0.1, 0.15) is 63.0 Å². The molecule has 0 aliphatic carbocycles. The Bertz CT molecular complexity index is 1140. The van der Waals surface area contributed by atoms with Gasteiger partial charge in [-0.3, -0.25) is 9.59 Å². The van der Waals surface area contributed by atoms with Gasteiger partial charge in [0, 0.05) is 18.6 Å². The van der Waals surface area contributed by atoms with Crippen molar-refractivity contribution in [3.63, 3.8) is 0 Å². The van der Waals surface area contributed by atoms with E-state index >= 15 is 0 Å². The van der Waals surface area contributed by atoms with Gasteiger partial charge in [-0.1, -0.05) is 38.1 Å². The Balaban J connectivity index is 1.96. The summed E-state index contributed by atoms with van der Waals surface area (Å²) in [6.45, 7) is 5.29. The number of aliphatic carboxylic acids is 1. The molecule has 2 unspecified atom stereocenters. The normalized spacial score (nSPS) is 16.4. The summed E-state index contributed by atoms with van der Waals surface area (Å²) in [5, 5.41) is 19.2. The third-order valence-electron chi connectivity index (χ3n) is 6.33. The summed E-state index contributed by atoms with van der Waals surface area (Å²) in [4.78, 5) is 22.7. The van der Waals surface area contributed by atoms with E-state index in [4.69, 9.17) is 24.1 Å². The number of hydrogen-bond acceptors (Lipinski definition) is 7. The molecule has 1 saturated heterocycles. The summed E-state index contributed by atoms with van der Waals surface area (Å²) in [5.74, 6) is -1.27. The van der Waals surface area contributed by atoms with Gasteiger partial charge in [0.2, 0.25) is 0 Å². The highest BCUT2D eigenvalue weighted by molar-refractivity contribution is 5.95. The standard InChI is InChI=1S/C30H37FO8/c1-19(2)25-18-26(37-14-15-39-28-6-4-5-13-38-28)30(36-3)29(20-7-9-21(31)10-8-20)24(25)12-11-22(32)16-23(33)17-27(34)35/h7-12,18-19,22,28,32H,4-6,13-17H2,1-3H3,(H,34,35)/b12-11+. The van der Waals surface area contributed by atoms with Crippen LogP contribution in [0.3, 0.4) is 0 Å². The van der Waals surface area contributed by atoms with E-state index in [-0.39, 0.29) is 31.1 Å². The number of aliphatic hydroxyl groups is 1. The zero-order valence-electron chi connectivity index (χ0n) is 22.7. The molecule has 212 valence electrons. The van der Waals surface area contributed by atoms with Crippen LogP contribution in [0.25, 0.3) is 17.2 Å². The third-order valence-corrected chi connectivity index (χ3v) is 6.33. The molecule has 0 bridgehead atoms. The van der Waals surface area contributed by atoms with Crippen molar-refractivity contribution in [2.24, 2.45) is 0 Å². The topological polar surface area (TPSA) is 112 Å². The van der Waals surface area contributed by atoms with Crippen LogP contribution in [-0.2, 0) is 19.1 Å². The summed E-state index contributed by atoms with van der Waals surface area (Å²) in [7, 11) is 1.52. The van der Waals surface area contributed by atoms with Gasteiger partial charge in [0.05, 0.1) is 19.8 Å². The van der Waals surface area contributed by atoms with Crippen molar-refractivity contribution in [2.45, 2.75) is 64.3 Å². The van der Waals surface area contributed by atoms with Crippen molar-refractivity contribution in [3.8, 4) is 22.6 Å². The van der Waals surface area contributed by atoms with Crippen molar-refractivity contribution in [2.75, 3.05) is 26.9 Å². The van der Waals surface area contributed by atoms with Gasteiger partial charge in [-0.15, -0.1) is 0 Å². The first-order valence-electron chi connectivity index (χ1n) is 13.2. The van der Waals surface area contributed by atoms with Gasteiger partial charge in [0.1, 0.15) is 24.6 Å². The van der Waals surface area contributed by atoms with E-state index in [1.165, 1.54) is 25.3 Å². The molecule has 1 aliphatic heterocycles. The molecule has 2 atom stereocenters. The van der Waals surface area contributed by atoms with E-state index in [1.54, 1.807) is 18.2 Å². The SMILES string of the molecule is COc1c(OCCOC2CCCCO2)cc(C(C)C)c(/C=C/C(O)CC(=O)CC(=O)O)c1-c1ccc(F)cc1. The number of methoxy groups -OCH3 is 1. The first kappa shape index (κ1) is 30.3. The average Bonchev–Trinajstić information content (AvgIpc) is 2.90. The van der Waals surface area contributed by atoms with Crippen LogP contribution in [0.15, 0.2) is 36.4 Å². The van der Waals surface area contributed by atoms with Gasteiger partial charge < -0.3 is 29.2 Å². The van der Waals surface area contributed by atoms with Crippen molar-refractivity contribution in [1.82, 2.24) is 0 Å². The summed E-state index contributed by atoms with van der Waals surface area (Å²) in [6.07, 6.45) is 3.70. The lowest BCUT2D eigenvalue weighted by molar-refractivity contribution is -0.165. The Labute approximate surface area is 228 Å². The minimum absolute atomic E-state index is 0.0229. The van der Waals surface area contributed by atoms with Crippen LogP contribution in [-0.4, -0.2) is 61.3 Å². The van der Waals surface area contributed by atoms with Crippen molar-refractivity contribution < 1.29 is 43.1 Å². The molecule has 2 aromatic rings. The number of benzene rings is 2. The van der Waals surface area contributed by atoms with E-state index in [1.807, 2.05) is 19.9 Å². The highest BCUT2D eigenvalue weighted by Gasteiger charge is 2.23. The van der Waals surface area contributed by atoms with Crippen LogP contribution >= 0.6 is 0 Å². The average molecular weight is 545 g/mol. The molecule has 9 heteroatoms. The Hall–Kier alpha value is -3.27. The van der Waals surface area contributed by atoms with Crippen LogP contribution in [0.4, 0.5) is 4.39 Å². The minimum atomic E-state index is -1.24. The predicted molar refractivity (Wildman–Crippen MR) is 144 cm³/mol. The molecule has 3 rings (SSSR count). The molecule has 0 spiro atoms. The van der Waals surface area contributed by atoms with Gasteiger partial charge in [-0.2, -0.15) is 0 Å². The number of aliphatic hydroxyl groups excluding tert-OH is 1. The van der Waals surface area contributed by atoms with Crippen LogP contribution in [0.2, 0.25) is 0 Å². The second-order valence-corrected chi connectivity index (χ2v) is 9.70. The highest BCUT2D eigenvalue weighted by Crippen LogP contribution is 2.45. The summed E-state index contributed by atoms with van der Waals surface area (Å²) < 4.78 is 37.1. The lowest BCUT2D eigenvalue weighted by Crippen LogP contribution is -2.24. The van der Waals surface area contributed by atoms with Crippen LogP contribution in [0.5, 0.6) is 11.5 Å². The number of carboxylic acid groups (broad SMARTS) is 1. The number of rotatable bonds is 14. The summed E-state index contributed by atoms with van der Waals surface area (Å²) >= 11 is 0. The molecule has 0 radical (unpaired) electrons. The minimum Gasteiger partial charge on any atom is -0.492 e. The van der Waals surface area contributed by atoms with Gasteiger partial charge >= 0.3 is 5.97 Å². The Morgan fingerprint density at radius 3 is 2.54 bits per heavy atom. The number of Topliss-reactive ketones (excluding diaryl/α,β-unsaturated/α-hetero) is 1. The molecule has 2 N–H and O–H groups in total. The molecular formula is C30H37FO8. The first-order chi connectivity index (χ1) is 18.7. The number of carboxylic acids is 1. The second-order valence-electron chi connectivity index (χ2n) is 9.70. The molecule has 39 heavy (non-hydrogen) atoms. The summed E-state index contributed by atoms with van der Waals surface area (Å²) in [5.41, 5.74) is 2.89. The van der Waals surface area contributed by atoms with E-state index in [9.17, 15) is 19.1 Å². The van der Waals surface area contributed by atoms with Gasteiger partial charge in [-0.05, 0) is 60.1 Å². The smallest absolute Gasteiger partial charge is 0.310 e. The number of carbonyl (C=O) groups is 2.